The van der Waals surface area contributed by atoms with Crippen LogP contribution in [0.4, 0.5) is 0 Å². The zero-order valence-corrected chi connectivity index (χ0v) is 10.8. The standard InChI is InChI=1S/C14H18O3/c1-7-8(2)10(4)13-12(9(7)3)5-11(6-17-13)14(15)16/h11H,5-6H2,1-4H3,(H,15,16). The van der Waals surface area contributed by atoms with Crippen LogP contribution in [0.2, 0.25) is 0 Å². The van der Waals surface area contributed by atoms with E-state index in [4.69, 9.17) is 9.84 Å². The molecule has 0 saturated carbocycles. The molecule has 1 aliphatic rings. The molecule has 3 heteroatoms. The Labute approximate surface area is 101 Å². The average molecular weight is 234 g/mol. The number of carbonyl (C=O) groups is 1. The van der Waals surface area contributed by atoms with E-state index in [-0.39, 0.29) is 6.61 Å². The van der Waals surface area contributed by atoms with Gasteiger partial charge in [-0.25, -0.2) is 0 Å². The maximum Gasteiger partial charge on any atom is 0.310 e. The Morgan fingerprint density at radius 1 is 1.12 bits per heavy atom. The van der Waals surface area contributed by atoms with E-state index < -0.39 is 11.9 Å². The van der Waals surface area contributed by atoms with Crippen molar-refractivity contribution in [1.29, 1.82) is 0 Å². The second-order valence-electron chi connectivity index (χ2n) is 4.86. The van der Waals surface area contributed by atoms with Gasteiger partial charge in [0.2, 0.25) is 0 Å². The number of hydrogen-bond acceptors (Lipinski definition) is 2. The van der Waals surface area contributed by atoms with Crippen molar-refractivity contribution in [1.82, 2.24) is 0 Å². The molecule has 0 bridgehead atoms. The Hall–Kier alpha value is -1.51. The summed E-state index contributed by atoms with van der Waals surface area (Å²) in [6, 6.07) is 0. The minimum Gasteiger partial charge on any atom is -0.492 e. The van der Waals surface area contributed by atoms with Gasteiger partial charge in [-0.2, -0.15) is 0 Å². The molecule has 0 spiro atoms. The van der Waals surface area contributed by atoms with E-state index in [0.717, 1.165) is 16.9 Å². The number of carboxylic acid groups (broad SMARTS) is 1. The van der Waals surface area contributed by atoms with Crippen molar-refractivity contribution in [3.63, 3.8) is 0 Å². The van der Waals surface area contributed by atoms with Crippen LogP contribution in [-0.2, 0) is 11.2 Å². The van der Waals surface area contributed by atoms with Crippen LogP contribution >= 0.6 is 0 Å². The lowest BCUT2D eigenvalue weighted by Gasteiger charge is -2.28. The van der Waals surface area contributed by atoms with Crippen molar-refractivity contribution in [3.8, 4) is 5.75 Å². The van der Waals surface area contributed by atoms with Crippen LogP contribution in [0, 0.1) is 33.6 Å². The molecule has 0 amide bonds. The van der Waals surface area contributed by atoms with Crippen LogP contribution in [0.5, 0.6) is 5.75 Å². The summed E-state index contributed by atoms with van der Waals surface area (Å²) in [6.07, 6.45) is 0.582. The average Bonchev–Trinajstić information content (AvgIpc) is 2.32. The summed E-state index contributed by atoms with van der Waals surface area (Å²) in [5, 5.41) is 9.07. The third-order valence-corrected chi connectivity index (χ3v) is 3.98. The quantitative estimate of drug-likeness (QED) is 0.812. The molecule has 0 saturated heterocycles. The van der Waals surface area contributed by atoms with Gasteiger partial charge in [0, 0.05) is 0 Å². The van der Waals surface area contributed by atoms with Crippen molar-refractivity contribution in [2.45, 2.75) is 34.1 Å². The van der Waals surface area contributed by atoms with Crippen LogP contribution in [0.25, 0.3) is 0 Å². The van der Waals surface area contributed by atoms with Crippen molar-refractivity contribution in [3.05, 3.63) is 27.8 Å². The Balaban J connectivity index is 2.55. The van der Waals surface area contributed by atoms with E-state index in [1.165, 1.54) is 16.7 Å². The van der Waals surface area contributed by atoms with Gasteiger partial charge in [-0.3, -0.25) is 4.79 Å². The summed E-state index contributed by atoms with van der Waals surface area (Å²) in [4.78, 5) is 11.0. The molecule has 17 heavy (non-hydrogen) atoms. The molecular weight excluding hydrogens is 216 g/mol. The SMILES string of the molecule is Cc1c(C)c(C)c2c(c1C)CC(C(=O)O)CO2. The minimum atomic E-state index is -0.772. The predicted octanol–water partition coefficient (Wildman–Crippen LogP) is 2.56. The molecule has 0 aliphatic carbocycles. The Kier molecular flexibility index (Phi) is 2.86. The molecule has 3 nitrogen and oxygen atoms in total. The first-order valence-electron chi connectivity index (χ1n) is 5.88. The second kappa shape index (κ2) is 4.06. The van der Waals surface area contributed by atoms with Crippen molar-refractivity contribution in [2.75, 3.05) is 6.61 Å². The number of hydrogen-bond donors (Lipinski definition) is 1. The molecular formula is C14H18O3. The summed E-state index contributed by atoms with van der Waals surface area (Å²) in [5.74, 6) is -0.281. The number of ether oxygens (including phenoxy) is 1. The van der Waals surface area contributed by atoms with Gasteiger partial charge in [-0.05, 0) is 61.9 Å². The highest BCUT2D eigenvalue weighted by Gasteiger charge is 2.29. The molecule has 0 aromatic heterocycles. The molecule has 1 unspecified atom stereocenters. The molecule has 0 radical (unpaired) electrons. The summed E-state index contributed by atoms with van der Waals surface area (Å²) in [6.45, 7) is 8.55. The zero-order chi connectivity index (χ0) is 12.7. The number of benzene rings is 1. The van der Waals surface area contributed by atoms with Crippen LogP contribution in [0.15, 0.2) is 0 Å². The zero-order valence-electron chi connectivity index (χ0n) is 10.8. The Morgan fingerprint density at radius 2 is 1.71 bits per heavy atom. The fraction of sp³-hybridized carbons (Fsp3) is 0.500. The van der Waals surface area contributed by atoms with Crippen LogP contribution in [0.1, 0.15) is 27.8 Å². The number of rotatable bonds is 1. The smallest absolute Gasteiger partial charge is 0.310 e. The fourth-order valence-corrected chi connectivity index (χ4v) is 2.44. The Bertz CT molecular complexity index is 489. The molecule has 1 aliphatic heterocycles. The van der Waals surface area contributed by atoms with E-state index in [2.05, 4.69) is 13.8 Å². The molecule has 2 rings (SSSR count). The molecule has 1 heterocycles. The normalized spacial score (nSPS) is 18.5. The van der Waals surface area contributed by atoms with Crippen molar-refractivity contribution < 1.29 is 14.6 Å². The first kappa shape index (κ1) is 12.0. The molecule has 1 atom stereocenters. The molecule has 1 N–H and O–H groups in total. The highest BCUT2D eigenvalue weighted by molar-refractivity contribution is 5.72. The largest absolute Gasteiger partial charge is 0.492 e. The third kappa shape index (κ3) is 1.79. The topological polar surface area (TPSA) is 46.5 Å². The highest BCUT2D eigenvalue weighted by Crippen LogP contribution is 2.37. The number of aliphatic carboxylic acids is 1. The van der Waals surface area contributed by atoms with E-state index in [1.807, 2.05) is 13.8 Å². The second-order valence-corrected chi connectivity index (χ2v) is 4.86. The van der Waals surface area contributed by atoms with Gasteiger partial charge in [0.25, 0.3) is 0 Å². The Morgan fingerprint density at radius 3 is 2.29 bits per heavy atom. The summed E-state index contributed by atoms with van der Waals surface area (Å²) >= 11 is 0. The molecule has 0 fully saturated rings. The predicted molar refractivity (Wildman–Crippen MR) is 65.7 cm³/mol. The van der Waals surface area contributed by atoms with Gasteiger partial charge in [-0.1, -0.05) is 0 Å². The number of fused-ring (bicyclic) bond motifs is 1. The highest BCUT2D eigenvalue weighted by atomic mass is 16.5. The van der Waals surface area contributed by atoms with Gasteiger partial charge >= 0.3 is 5.97 Å². The maximum atomic E-state index is 11.0. The van der Waals surface area contributed by atoms with Gasteiger partial charge in [0.1, 0.15) is 12.4 Å². The van der Waals surface area contributed by atoms with Gasteiger partial charge in [-0.15, -0.1) is 0 Å². The van der Waals surface area contributed by atoms with E-state index in [0.29, 0.717) is 6.42 Å². The van der Waals surface area contributed by atoms with Gasteiger partial charge in [0.05, 0.1) is 5.92 Å². The lowest BCUT2D eigenvalue weighted by Crippen LogP contribution is -2.29. The minimum absolute atomic E-state index is 0.283. The van der Waals surface area contributed by atoms with Crippen LogP contribution in [0.3, 0.4) is 0 Å². The van der Waals surface area contributed by atoms with Crippen LogP contribution < -0.4 is 4.74 Å². The third-order valence-electron chi connectivity index (χ3n) is 3.98. The molecule has 1 aromatic rings. The lowest BCUT2D eigenvalue weighted by atomic mass is 9.87. The molecule has 92 valence electrons. The maximum absolute atomic E-state index is 11.0. The van der Waals surface area contributed by atoms with Crippen LogP contribution in [-0.4, -0.2) is 17.7 Å². The van der Waals surface area contributed by atoms with Gasteiger partial charge in [0.15, 0.2) is 0 Å². The fourth-order valence-electron chi connectivity index (χ4n) is 2.44. The van der Waals surface area contributed by atoms with Crippen molar-refractivity contribution in [2.24, 2.45) is 5.92 Å². The van der Waals surface area contributed by atoms with E-state index in [1.54, 1.807) is 0 Å². The summed E-state index contributed by atoms with van der Waals surface area (Å²) in [5.41, 5.74) is 5.89. The first-order chi connectivity index (χ1) is 7.93. The number of carboxylic acids is 1. The molecule has 1 aromatic carbocycles. The lowest BCUT2D eigenvalue weighted by molar-refractivity contribution is -0.143. The van der Waals surface area contributed by atoms with Crippen molar-refractivity contribution >= 4 is 5.97 Å². The monoisotopic (exact) mass is 234 g/mol. The summed E-state index contributed by atoms with van der Waals surface area (Å²) in [7, 11) is 0. The summed E-state index contributed by atoms with van der Waals surface area (Å²) < 4.78 is 5.66. The first-order valence-corrected chi connectivity index (χ1v) is 5.88. The van der Waals surface area contributed by atoms with E-state index >= 15 is 0 Å². The van der Waals surface area contributed by atoms with Gasteiger partial charge < -0.3 is 9.84 Å². The van der Waals surface area contributed by atoms with E-state index in [9.17, 15) is 4.79 Å².